The van der Waals surface area contributed by atoms with Gasteiger partial charge in [0.2, 0.25) is 0 Å². The predicted octanol–water partition coefficient (Wildman–Crippen LogP) is 4.58. The summed E-state index contributed by atoms with van der Waals surface area (Å²) in [6.07, 6.45) is 1.02. The summed E-state index contributed by atoms with van der Waals surface area (Å²) in [6.45, 7) is 2.86. The molecule has 0 amide bonds. The fraction of sp³-hybridized carbons (Fsp3) is 0.176. The molecule has 2 rings (SSSR count). The van der Waals surface area contributed by atoms with Crippen molar-refractivity contribution < 1.29 is 4.74 Å². The van der Waals surface area contributed by atoms with E-state index in [2.05, 4.69) is 30.2 Å². The summed E-state index contributed by atoms with van der Waals surface area (Å²) in [5.74, 6) is 4.04. The highest BCUT2D eigenvalue weighted by atomic mass is 32.2. The highest BCUT2D eigenvalue weighted by Gasteiger charge is 1.92. The Kier molecular flexibility index (Phi) is 5.40. The van der Waals surface area contributed by atoms with Crippen molar-refractivity contribution in [1.82, 2.24) is 0 Å². The molecule has 0 N–H and O–H groups in total. The molecule has 0 saturated heterocycles. The van der Waals surface area contributed by atoms with Gasteiger partial charge in [0.25, 0.3) is 0 Å². The quantitative estimate of drug-likeness (QED) is 0.593. The summed E-state index contributed by atoms with van der Waals surface area (Å²) in [6, 6.07) is 18.1. The van der Waals surface area contributed by atoms with Gasteiger partial charge in [0, 0.05) is 10.5 Å². The van der Waals surface area contributed by atoms with Gasteiger partial charge >= 0.3 is 0 Å². The van der Waals surface area contributed by atoms with Crippen LogP contribution in [0.25, 0.3) is 0 Å². The topological polar surface area (TPSA) is 9.23 Å². The lowest BCUT2D eigenvalue weighted by Gasteiger charge is -2.03. The van der Waals surface area contributed by atoms with Crippen LogP contribution in [0.2, 0.25) is 0 Å². The minimum absolute atomic E-state index is 0.759. The molecule has 0 saturated carbocycles. The second-order valence-electron chi connectivity index (χ2n) is 4.02. The van der Waals surface area contributed by atoms with Gasteiger partial charge in [0.05, 0.1) is 6.61 Å². The Hall–Kier alpha value is -1.85. The minimum atomic E-state index is 0.759. The van der Waals surface area contributed by atoms with Crippen molar-refractivity contribution >= 4 is 11.8 Å². The molecule has 1 nitrogen and oxygen atoms in total. The van der Waals surface area contributed by atoms with Crippen LogP contribution in [-0.2, 0) is 0 Å². The first-order chi connectivity index (χ1) is 9.38. The second kappa shape index (κ2) is 7.56. The summed E-state index contributed by atoms with van der Waals surface area (Å²) < 4.78 is 5.53. The number of hydrogen-bond donors (Lipinski definition) is 0. The molecule has 0 aromatic heterocycles. The third-order valence-electron chi connectivity index (χ3n) is 2.43. The Morgan fingerprint density at radius 3 is 2.42 bits per heavy atom. The Morgan fingerprint density at radius 2 is 1.74 bits per heavy atom. The van der Waals surface area contributed by atoms with Crippen molar-refractivity contribution in [3.63, 3.8) is 0 Å². The maximum Gasteiger partial charge on any atom is 0.119 e. The van der Waals surface area contributed by atoms with Crippen LogP contribution in [0.1, 0.15) is 18.9 Å². The first-order valence-electron chi connectivity index (χ1n) is 6.34. The van der Waals surface area contributed by atoms with Crippen molar-refractivity contribution in [2.45, 2.75) is 18.2 Å². The molecule has 0 aliphatic heterocycles. The Balaban J connectivity index is 1.93. The lowest BCUT2D eigenvalue weighted by Crippen LogP contribution is -1.94. The molecule has 96 valence electrons. The summed E-state index contributed by atoms with van der Waals surface area (Å²) in [7, 11) is 0. The second-order valence-corrected chi connectivity index (χ2v) is 4.89. The van der Waals surface area contributed by atoms with Crippen molar-refractivity contribution in [3.8, 4) is 16.9 Å². The fourth-order valence-electron chi connectivity index (χ4n) is 1.49. The van der Waals surface area contributed by atoms with Gasteiger partial charge in [-0.15, -0.1) is 0 Å². The van der Waals surface area contributed by atoms with Crippen LogP contribution in [-0.4, -0.2) is 6.61 Å². The van der Waals surface area contributed by atoms with E-state index in [0.29, 0.717) is 0 Å². The van der Waals surface area contributed by atoms with E-state index in [-0.39, 0.29) is 0 Å². The van der Waals surface area contributed by atoms with Gasteiger partial charge < -0.3 is 4.74 Å². The van der Waals surface area contributed by atoms with Crippen molar-refractivity contribution in [1.29, 1.82) is 0 Å². The molecule has 0 aliphatic carbocycles. The fourth-order valence-corrected chi connectivity index (χ4v) is 2.07. The smallest absolute Gasteiger partial charge is 0.119 e. The number of rotatable bonds is 4. The molecule has 0 radical (unpaired) electrons. The third-order valence-corrected chi connectivity index (χ3v) is 3.15. The lowest BCUT2D eigenvalue weighted by molar-refractivity contribution is 0.317. The van der Waals surface area contributed by atoms with E-state index >= 15 is 0 Å². The van der Waals surface area contributed by atoms with Gasteiger partial charge in [-0.05, 0) is 59.8 Å². The average Bonchev–Trinajstić information content (AvgIpc) is 2.47. The van der Waals surface area contributed by atoms with E-state index in [1.165, 1.54) is 0 Å². The van der Waals surface area contributed by atoms with Gasteiger partial charge in [0.15, 0.2) is 0 Å². The Labute approximate surface area is 119 Å². The van der Waals surface area contributed by atoms with Gasteiger partial charge in [0.1, 0.15) is 5.75 Å². The molecule has 0 fully saturated rings. The molecule has 0 unspecified atom stereocenters. The standard InChI is InChI=1S/C17H16OS/c1-2-13-18-16-10-8-15(9-11-16)12-14-19-17-6-4-3-5-7-17/h3-11H,2,13H2,1H3. The van der Waals surface area contributed by atoms with Crippen LogP contribution in [0.15, 0.2) is 59.5 Å². The maximum atomic E-state index is 5.53. The predicted molar refractivity (Wildman–Crippen MR) is 81.4 cm³/mol. The number of hydrogen-bond acceptors (Lipinski definition) is 2. The SMILES string of the molecule is CCCOc1ccc(C#CSc2ccccc2)cc1. The molecule has 19 heavy (non-hydrogen) atoms. The van der Waals surface area contributed by atoms with Gasteiger partial charge in [-0.2, -0.15) is 0 Å². The first kappa shape index (κ1) is 13.6. The Bertz CT molecular complexity index is 549. The maximum absolute atomic E-state index is 5.53. The van der Waals surface area contributed by atoms with E-state index in [1.807, 2.05) is 42.5 Å². The van der Waals surface area contributed by atoms with Gasteiger partial charge in [-0.25, -0.2) is 0 Å². The number of ether oxygens (including phenoxy) is 1. The molecular formula is C17H16OS. The van der Waals surface area contributed by atoms with Crippen LogP contribution in [0, 0.1) is 11.2 Å². The summed E-state index contributed by atoms with van der Waals surface area (Å²) in [4.78, 5) is 1.16. The normalized spacial score (nSPS) is 9.53. The third kappa shape index (κ3) is 4.73. The minimum Gasteiger partial charge on any atom is -0.494 e. The van der Waals surface area contributed by atoms with E-state index in [4.69, 9.17) is 4.74 Å². The van der Waals surface area contributed by atoms with Crippen molar-refractivity contribution in [2.24, 2.45) is 0 Å². The summed E-state index contributed by atoms with van der Waals surface area (Å²) >= 11 is 1.54. The van der Waals surface area contributed by atoms with Crippen LogP contribution in [0.4, 0.5) is 0 Å². The van der Waals surface area contributed by atoms with Crippen molar-refractivity contribution in [2.75, 3.05) is 6.61 Å². The zero-order valence-corrected chi connectivity index (χ0v) is 11.7. The zero-order valence-electron chi connectivity index (χ0n) is 10.9. The summed E-state index contributed by atoms with van der Waals surface area (Å²) in [5.41, 5.74) is 1.01. The van der Waals surface area contributed by atoms with E-state index in [0.717, 1.165) is 29.2 Å². The van der Waals surface area contributed by atoms with Crippen molar-refractivity contribution in [3.05, 3.63) is 60.2 Å². The van der Waals surface area contributed by atoms with E-state index in [1.54, 1.807) is 11.8 Å². The van der Waals surface area contributed by atoms with Crippen LogP contribution < -0.4 is 4.74 Å². The molecular weight excluding hydrogens is 252 g/mol. The van der Waals surface area contributed by atoms with Crippen LogP contribution >= 0.6 is 11.8 Å². The first-order valence-corrected chi connectivity index (χ1v) is 7.16. The van der Waals surface area contributed by atoms with E-state index in [9.17, 15) is 0 Å². The summed E-state index contributed by atoms with van der Waals surface area (Å²) in [5, 5.41) is 3.11. The van der Waals surface area contributed by atoms with Crippen LogP contribution in [0.3, 0.4) is 0 Å². The molecule has 0 aliphatic rings. The monoisotopic (exact) mass is 268 g/mol. The van der Waals surface area contributed by atoms with Gasteiger partial charge in [-0.1, -0.05) is 31.0 Å². The largest absolute Gasteiger partial charge is 0.494 e. The molecule has 0 bridgehead atoms. The Morgan fingerprint density at radius 1 is 1.00 bits per heavy atom. The highest BCUT2D eigenvalue weighted by Crippen LogP contribution is 2.16. The highest BCUT2D eigenvalue weighted by molar-refractivity contribution is 8.03. The van der Waals surface area contributed by atoms with Crippen LogP contribution in [0.5, 0.6) is 5.75 Å². The molecule has 0 atom stereocenters. The molecule has 2 aromatic rings. The molecule has 2 heteroatoms. The number of benzene rings is 2. The number of thioether (sulfide) groups is 1. The molecule has 0 heterocycles. The molecule has 0 spiro atoms. The van der Waals surface area contributed by atoms with E-state index < -0.39 is 0 Å². The lowest BCUT2D eigenvalue weighted by atomic mass is 10.2. The van der Waals surface area contributed by atoms with Gasteiger partial charge in [-0.3, -0.25) is 0 Å². The average molecular weight is 268 g/mol. The zero-order chi connectivity index (χ0) is 13.3. The molecule has 2 aromatic carbocycles.